The van der Waals surface area contributed by atoms with Crippen LogP contribution in [0, 0.1) is 0 Å². The van der Waals surface area contributed by atoms with E-state index in [-0.39, 0.29) is 0 Å². The topological polar surface area (TPSA) is 35.1 Å². The third kappa shape index (κ3) is 3.49. The van der Waals surface area contributed by atoms with Crippen molar-refractivity contribution in [3.63, 3.8) is 0 Å². The van der Waals surface area contributed by atoms with Gasteiger partial charge in [0.15, 0.2) is 5.65 Å². The van der Waals surface area contributed by atoms with Crippen LogP contribution in [-0.4, -0.2) is 18.9 Å². The van der Waals surface area contributed by atoms with Crippen molar-refractivity contribution in [2.24, 2.45) is 0 Å². The van der Waals surface area contributed by atoms with Crippen LogP contribution >= 0.6 is 0 Å². The monoisotopic (exact) mass is 610 g/mol. The molecule has 4 nitrogen and oxygen atoms in total. The smallest absolute Gasteiger partial charge is 0.165 e. The van der Waals surface area contributed by atoms with Crippen LogP contribution < -0.4 is 0 Å². The second kappa shape index (κ2) is 9.50. The van der Waals surface area contributed by atoms with Gasteiger partial charge in [-0.1, -0.05) is 115 Å². The summed E-state index contributed by atoms with van der Waals surface area (Å²) in [7, 11) is 0. The van der Waals surface area contributed by atoms with Gasteiger partial charge < -0.3 is 4.57 Å². The second-order valence-corrected chi connectivity index (χ2v) is 12.7. The molecule has 0 N–H and O–H groups in total. The molecule has 0 bridgehead atoms. The van der Waals surface area contributed by atoms with Gasteiger partial charge in [0.25, 0.3) is 0 Å². The van der Waals surface area contributed by atoms with E-state index in [4.69, 9.17) is 9.97 Å². The molecular formula is C44H26N4. The number of rotatable bonds is 3. The van der Waals surface area contributed by atoms with Crippen LogP contribution in [0.3, 0.4) is 0 Å². The first kappa shape index (κ1) is 25.6. The minimum Gasteiger partial charge on any atom is -0.309 e. The van der Waals surface area contributed by atoms with E-state index in [9.17, 15) is 0 Å². The number of benzene rings is 7. The largest absolute Gasteiger partial charge is 0.309 e. The SMILES string of the molecule is c1ccc(-c2ccc3c4ccc(-c5ccccc5)cc4n(-c4ccc5c(c4)c4cccc6c7nc8ccccc8nc7n5c46)c3c2)cc1. The van der Waals surface area contributed by atoms with Gasteiger partial charge in [0.05, 0.1) is 33.1 Å². The molecule has 0 unspecified atom stereocenters. The summed E-state index contributed by atoms with van der Waals surface area (Å²) < 4.78 is 4.76. The van der Waals surface area contributed by atoms with Gasteiger partial charge in [-0.05, 0) is 64.7 Å². The summed E-state index contributed by atoms with van der Waals surface area (Å²) in [6, 6.07) is 56.7. The number of hydrogen-bond donors (Lipinski definition) is 0. The summed E-state index contributed by atoms with van der Waals surface area (Å²) in [4.78, 5) is 10.2. The van der Waals surface area contributed by atoms with Gasteiger partial charge in [0, 0.05) is 32.6 Å². The van der Waals surface area contributed by atoms with Crippen molar-refractivity contribution in [1.82, 2.24) is 18.9 Å². The highest BCUT2D eigenvalue weighted by Gasteiger charge is 2.21. The van der Waals surface area contributed by atoms with Crippen molar-refractivity contribution in [2.75, 3.05) is 0 Å². The van der Waals surface area contributed by atoms with Crippen molar-refractivity contribution in [3.8, 4) is 27.9 Å². The molecule has 7 aromatic carbocycles. The normalized spacial score (nSPS) is 12.2. The van der Waals surface area contributed by atoms with Crippen LogP contribution in [0.2, 0.25) is 0 Å². The lowest BCUT2D eigenvalue weighted by molar-refractivity contribution is 1.18. The van der Waals surface area contributed by atoms with E-state index in [0.717, 1.165) is 38.8 Å². The molecule has 0 saturated heterocycles. The van der Waals surface area contributed by atoms with Gasteiger partial charge in [-0.3, -0.25) is 4.40 Å². The predicted octanol–water partition coefficient (Wildman–Crippen LogP) is 11.2. The fraction of sp³-hybridized carbons (Fsp3) is 0. The van der Waals surface area contributed by atoms with E-state index < -0.39 is 0 Å². The Kier molecular flexibility index (Phi) is 5.08. The van der Waals surface area contributed by atoms with Gasteiger partial charge in [0.2, 0.25) is 0 Å². The van der Waals surface area contributed by atoms with Gasteiger partial charge in [-0.2, -0.15) is 0 Å². The first-order valence-corrected chi connectivity index (χ1v) is 16.3. The van der Waals surface area contributed by atoms with E-state index in [1.54, 1.807) is 0 Å². The van der Waals surface area contributed by atoms with Crippen molar-refractivity contribution < 1.29 is 0 Å². The van der Waals surface area contributed by atoms with Crippen LogP contribution in [0.1, 0.15) is 0 Å². The lowest BCUT2D eigenvalue weighted by Crippen LogP contribution is -1.95. The zero-order valence-electron chi connectivity index (χ0n) is 25.8. The molecule has 4 heterocycles. The Bertz CT molecular complexity index is 2950. The molecule has 0 saturated carbocycles. The zero-order chi connectivity index (χ0) is 31.3. The molecule has 4 heteroatoms. The molecule has 11 rings (SSSR count). The van der Waals surface area contributed by atoms with Crippen molar-refractivity contribution in [1.29, 1.82) is 0 Å². The molecule has 0 aliphatic rings. The number of aromatic nitrogens is 4. The van der Waals surface area contributed by atoms with Gasteiger partial charge in [0.1, 0.15) is 5.52 Å². The van der Waals surface area contributed by atoms with Crippen molar-refractivity contribution in [3.05, 3.63) is 158 Å². The fourth-order valence-corrected chi connectivity index (χ4v) is 7.85. The molecule has 222 valence electrons. The number of fused-ring (bicyclic) bond motifs is 10. The Hall–Kier alpha value is -6.52. The Morgan fingerprint density at radius 2 is 0.979 bits per heavy atom. The second-order valence-electron chi connectivity index (χ2n) is 12.7. The lowest BCUT2D eigenvalue weighted by atomic mass is 10.0. The van der Waals surface area contributed by atoms with E-state index in [0.29, 0.717) is 0 Å². The van der Waals surface area contributed by atoms with Crippen LogP contribution in [0.25, 0.3) is 99.1 Å². The van der Waals surface area contributed by atoms with Gasteiger partial charge >= 0.3 is 0 Å². The molecule has 0 amide bonds. The summed E-state index contributed by atoms with van der Waals surface area (Å²) >= 11 is 0. The zero-order valence-corrected chi connectivity index (χ0v) is 25.8. The Morgan fingerprint density at radius 3 is 1.65 bits per heavy atom. The molecule has 0 aliphatic carbocycles. The number of para-hydroxylation sites is 3. The molecule has 11 aromatic rings. The molecular weight excluding hydrogens is 585 g/mol. The van der Waals surface area contributed by atoms with Crippen molar-refractivity contribution >= 4 is 71.2 Å². The van der Waals surface area contributed by atoms with Crippen LogP contribution in [0.15, 0.2) is 158 Å². The highest BCUT2D eigenvalue weighted by atomic mass is 15.0. The summed E-state index contributed by atoms with van der Waals surface area (Å²) in [5.74, 6) is 0. The van der Waals surface area contributed by atoms with E-state index >= 15 is 0 Å². The first-order chi connectivity index (χ1) is 23.8. The number of nitrogens with zero attached hydrogens (tertiary/aromatic N) is 4. The quantitative estimate of drug-likeness (QED) is 0.199. The average Bonchev–Trinajstić information content (AvgIpc) is 3.78. The third-order valence-corrected chi connectivity index (χ3v) is 10.0. The number of hydrogen-bond acceptors (Lipinski definition) is 2. The maximum Gasteiger partial charge on any atom is 0.165 e. The van der Waals surface area contributed by atoms with Gasteiger partial charge in [-0.15, -0.1) is 0 Å². The molecule has 0 radical (unpaired) electrons. The average molecular weight is 611 g/mol. The first-order valence-electron chi connectivity index (χ1n) is 16.3. The van der Waals surface area contributed by atoms with Crippen molar-refractivity contribution in [2.45, 2.75) is 0 Å². The highest BCUT2D eigenvalue weighted by molar-refractivity contribution is 6.22. The molecule has 48 heavy (non-hydrogen) atoms. The molecule has 4 aromatic heterocycles. The molecule has 0 aliphatic heterocycles. The maximum absolute atomic E-state index is 5.14. The summed E-state index contributed by atoms with van der Waals surface area (Å²) in [5, 5.41) is 6.04. The standard InChI is InChI=1S/C44H26N4/c1-3-10-27(11-4-1)29-18-21-32-33-22-19-30(28-12-5-2-6-13-28)25-41(33)47(40(32)24-29)31-20-23-39-36(26-31)34-14-9-15-35-42-44(48(39)43(34)35)46-38-17-8-7-16-37(38)45-42/h1-26H. The summed E-state index contributed by atoms with van der Waals surface area (Å²) in [6.45, 7) is 0. The maximum atomic E-state index is 5.14. The molecule has 0 spiro atoms. The lowest BCUT2D eigenvalue weighted by Gasteiger charge is -2.11. The third-order valence-electron chi connectivity index (χ3n) is 10.0. The molecule has 0 atom stereocenters. The summed E-state index contributed by atoms with van der Waals surface area (Å²) in [6.07, 6.45) is 0. The predicted molar refractivity (Wildman–Crippen MR) is 199 cm³/mol. The van der Waals surface area contributed by atoms with Crippen LogP contribution in [0.4, 0.5) is 0 Å². The minimum absolute atomic E-state index is 0.902. The van der Waals surface area contributed by atoms with Gasteiger partial charge in [-0.25, -0.2) is 9.97 Å². The molecule has 0 fully saturated rings. The Morgan fingerprint density at radius 1 is 0.375 bits per heavy atom. The highest BCUT2D eigenvalue weighted by Crippen LogP contribution is 2.41. The Balaban J connectivity index is 1.23. The summed E-state index contributed by atoms with van der Waals surface area (Å²) in [5.41, 5.74) is 14.3. The Labute approximate surface area is 275 Å². The fourth-order valence-electron chi connectivity index (χ4n) is 7.85. The van der Waals surface area contributed by atoms with Crippen LogP contribution in [0.5, 0.6) is 0 Å². The minimum atomic E-state index is 0.902. The van der Waals surface area contributed by atoms with E-state index in [1.807, 2.05) is 24.3 Å². The van der Waals surface area contributed by atoms with E-state index in [2.05, 4.69) is 142 Å². The van der Waals surface area contributed by atoms with Crippen LogP contribution in [-0.2, 0) is 0 Å². The van der Waals surface area contributed by atoms with E-state index in [1.165, 1.54) is 60.3 Å².